The summed E-state index contributed by atoms with van der Waals surface area (Å²) in [7, 11) is 0. The van der Waals surface area contributed by atoms with Gasteiger partial charge in [0.15, 0.2) is 0 Å². The van der Waals surface area contributed by atoms with Crippen molar-refractivity contribution in [3.8, 4) is 5.75 Å². The van der Waals surface area contributed by atoms with Gasteiger partial charge in [0.05, 0.1) is 23.9 Å². The Bertz CT molecular complexity index is 1230. The van der Waals surface area contributed by atoms with Gasteiger partial charge in [-0.1, -0.05) is 12.1 Å². The van der Waals surface area contributed by atoms with Gasteiger partial charge >= 0.3 is 0 Å². The third-order valence-electron chi connectivity index (χ3n) is 5.05. The molecule has 0 radical (unpaired) electrons. The predicted octanol–water partition coefficient (Wildman–Crippen LogP) is 4.38. The minimum atomic E-state index is -1.19. The molecule has 6 nitrogen and oxygen atoms in total. The topological polar surface area (TPSA) is 79.7 Å². The van der Waals surface area contributed by atoms with Gasteiger partial charge in [-0.15, -0.1) is 0 Å². The summed E-state index contributed by atoms with van der Waals surface area (Å²) in [6, 6.07) is 10.9. The normalized spacial score (nSPS) is 17.6. The van der Waals surface area contributed by atoms with E-state index in [2.05, 4.69) is 4.98 Å². The molecule has 1 atom stereocenters. The second-order valence-electron chi connectivity index (χ2n) is 7.01. The summed E-state index contributed by atoms with van der Waals surface area (Å²) in [5, 5.41) is 11.1. The highest BCUT2D eigenvalue weighted by atomic mass is 19.1. The van der Waals surface area contributed by atoms with E-state index in [9.17, 15) is 23.5 Å². The maximum absolute atomic E-state index is 14.6. The highest BCUT2D eigenvalue weighted by Crippen LogP contribution is 2.43. The van der Waals surface area contributed by atoms with Crippen LogP contribution in [-0.2, 0) is 9.59 Å². The number of amides is 1. The molecule has 1 aliphatic rings. The first-order chi connectivity index (χ1) is 15.4. The standard InChI is InChI=1S/C24H18F2N2O4/c1-2-32-17-5-3-4-15(12-17)22(29)20-21(14-8-10-27-11-9-14)28(24(31)23(20)30)19-13-16(25)6-7-18(19)26/h3-13,21,29H,2H2,1H3/b22-20+. The molecule has 32 heavy (non-hydrogen) atoms. The van der Waals surface area contributed by atoms with Crippen molar-refractivity contribution >= 4 is 23.1 Å². The molecule has 4 rings (SSSR count). The fourth-order valence-electron chi connectivity index (χ4n) is 3.67. The number of aromatic nitrogens is 1. The largest absolute Gasteiger partial charge is 0.507 e. The van der Waals surface area contributed by atoms with E-state index in [0.717, 1.165) is 23.1 Å². The zero-order valence-corrected chi connectivity index (χ0v) is 17.0. The Morgan fingerprint density at radius 3 is 2.56 bits per heavy atom. The number of nitrogens with zero attached hydrogens (tertiary/aromatic N) is 2. The summed E-state index contributed by atoms with van der Waals surface area (Å²) >= 11 is 0. The Hall–Kier alpha value is -4.07. The van der Waals surface area contributed by atoms with Crippen molar-refractivity contribution in [2.75, 3.05) is 11.5 Å². The van der Waals surface area contributed by atoms with Crippen LogP contribution in [0.2, 0.25) is 0 Å². The molecule has 2 heterocycles. The molecule has 0 bridgehead atoms. The van der Waals surface area contributed by atoms with Crippen molar-refractivity contribution < 1.29 is 28.2 Å². The van der Waals surface area contributed by atoms with Crippen LogP contribution in [0.15, 0.2) is 72.6 Å². The maximum atomic E-state index is 14.6. The lowest BCUT2D eigenvalue weighted by atomic mass is 9.95. The number of benzene rings is 2. The van der Waals surface area contributed by atoms with Gasteiger partial charge in [-0.05, 0) is 48.9 Å². The van der Waals surface area contributed by atoms with Crippen LogP contribution in [-0.4, -0.2) is 28.4 Å². The minimum Gasteiger partial charge on any atom is -0.507 e. The van der Waals surface area contributed by atoms with Crippen molar-refractivity contribution in [1.82, 2.24) is 4.98 Å². The average Bonchev–Trinajstić information content (AvgIpc) is 3.06. The lowest BCUT2D eigenvalue weighted by molar-refractivity contribution is -0.132. The number of carbonyl (C=O) groups is 2. The van der Waals surface area contributed by atoms with E-state index in [1.807, 2.05) is 0 Å². The molecule has 0 spiro atoms. The van der Waals surface area contributed by atoms with Crippen molar-refractivity contribution in [1.29, 1.82) is 0 Å². The molecule has 0 saturated carbocycles. The monoisotopic (exact) mass is 436 g/mol. The second kappa shape index (κ2) is 8.58. The molecule has 1 N–H and O–H groups in total. The first-order valence-electron chi connectivity index (χ1n) is 9.81. The Balaban J connectivity index is 1.94. The number of aliphatic hydroxyl groups is 1. The first-order valence-corrected chi connectivity index (χ1v) is 9.81. The third-order valence-corrected chi connectivity index (χ3v) is 5.05. The number of Topliss-reactive ketones (excluding diaryl/α,β-unsaturated/α-hetero) is 1. The summed E-state index contributed by atoms with van der Waals surface area (Å²) in [5.41, 5.74) is -0.0207. The fraction of sp³-hybridized carbons (Fsp3) is 0.125. The molecule has 2 aromatic carbocycles. The van der Waals surface area contributed by atoms with Crippen LogP contribution in [0, 0.1) is 11.6 Å². The van der Waals surface area contributed by atoms with Crippen molar-refractivity contribution in [2.24, 2.45) is 0 Å². The predicted molar refractivity (Wildman–Crippen MR) is 113 cm³/mol. The number of rotatable bonds is 5. The number of halogens is 2. The van der Waals surface area contributed by atoms with Crippen molar-refractivity contribution in [2.45, 2.75) is 13.0 Å². The molecular weight excluding hydrogens is 418 g/mol. The van der Waals surface area contributed by atoms with Crippen LogP contribution in [0.4, 0.5) is 14.5 Å². The van der Waals surface area contributed by atoms with Crippen molar-refractivity contribution in [3.63, 3.8) is 0 Å². The molecule has 1 aliphatic heterocycles. The molecule has 162 valence electrons. The Labute approximate surface area is 182 Å². The van der Waals surface area contributed by atoms with E-state index >= 15 is 0 Å². The smallest absolute Gasteiger partial charge is 0.300 e. The van der Waals surface area contributed by atoms with E-state index in [1.54, 1.807) is 25.1 Å². The van der Waals surface area contributed by atoms with Gasteiger partial charge in [0.1, 0.15) is 23.1 Å². The summed E-state index contributed by atoms with van der Waals surface area (Å²) in [5.74, 6) is -3.76. The third kappa shape index (κ3) is 3.71. The quantitative estimate of drug-likeness (QED) is 0.365. The lowest BCUT2D eigenvalue weighted by Gasteiger charge is -2.25. The number of hydrogen-bond acceptors (Lipinski definition) is 5. The lowest BCUT2D eigenvalue weighted by Crippen LogP contribution is -2.30. The number of ketones is 1. The highest BCUT2D eigenvalue weighted by Gasteiger charge is 2.47. The highest BCUT2D eigenvalue weighted by molar-refractivity contribution is 6.51. The van der Waals surface area contributed by atoms with Gasteiger partial charge in [-0.2, -0.15) is 0 Å². The molecule has 8 heteroatoms. The number of aliphatic hydroxyl groups excluding tert-OH is 1. The fourth-order valence-corrected chi connectivity index (χ4v) is 3.67. The van der Waals surface area contributed by atoms with Crippen LogP contribution in [0.5, 0.6) is 5.75 Å². The van der Waals surface area contributed by atoms with E-state index in [1.165, 1.54) is 30.6 Å². The summed E-state index contributed by atoms with van der Waals surface area (Å²) in [4.78, 5) is 30.8. The van der Waals surface area contributed by atoms with Crippen LogP contribution >= 0.6 is 0 Å². The van der Waals surface area contributed by atoms with E-state index in [-0.39, 0.29) is 11.1 Å². The zero-order chi connectivity index (χ0) is 22.8. The molecule has 1 unspecified atom stereocenters. The average molecular weight is 436 g/mol. The Morgan fingerprint density at radius 1 is 1.09 bits per heavy atom. The van der Waals surface area contributed by atoms with Crippen LogP contribution in [0.25, 0.3) is 5.76 Å². The van der Waals surface area contributed by atoms with Gasteiger partial charge in [-0.25, -0.2) is 8.78 Å². The van der Waals surface area contributed by atoms with E-state index < -0.39 is 40.8 Å². The van der Waals surface area contributed by atoms with Gasteiger partial charge in [0, 0.05) is 24.0 Å². The molecular formula is C24H18F2N2O4. The van der Waals surface area contributed by atoms with Gasteiger partial charge in [-0.3, -0.25) is 19.5 Å². The maximum Gasteiger partial charge on any atom is 0.300 e. The van der Waals surface area contributed by atoms with Crippen molar-refractivity contribution in [3.05, 3.63) is 95.3 Å². The molecule has 1 fully saturated rings. The van der Waals surface area contributed by atoms with Gasteiger partial charge in [0.25, 0.3) is 11.7 Å². The number of ether oxygens (including phenoxy) is 1. The first kappa shape index (κ1) is 21.2. The minimum absolute atomic E-state index is 0.243. The second-order valence-corrected chi connectivity index (χ2v) is 7.01. The number of hydrogen-bond donors (Lipinski definition) is 1. The van der Waals surface area contributed by atoms with Gasteiger partial charge in [0.2, 0.25) is 0 Å². The number of pyridine rings is 1. The molecule has 1 amide bonds. The summed E-state index contributed by atoms with van der Waals surface area (Å²) in [6.45, 7) is 2.19. The number of carbonyl (C=O) groups excluding carboxylic acids is 2. The Kier molecular flexibility index (Phi) is 5.68. The Morgan fingerprint density at radius 2 is 1.84 bits per heavy atom. The molecule has 1 aromatic heterocycles. The number of anilines is 1. The summed E-state index contributed by atoms with van der Waals surface area (Å²) < 4.78 is 34.0. The zero-order valence-electron chi connectivity index (χ0n) is 17.0. The summed E-state index contributed by atoms with van der Waals surface area (Å²) in [6.07, 6.45) is 2.88. The van der Waals surface area contributed by atoms with Crippen LogP contribution < -0.4 is 9.64 Å². The molecule has 1 saturated heterocycles. The van der Waals surface area contributed by atoms with Gasteiger partial charge < -0.3 is 9.84 Å². The van der Waals surface area contributed by atoms with E-state index in [0.29, 0.717) is 17.9 Å². The van der Waals surface area contributed by atoms with Crippen LogP contribution in [0.3, 0.4) is 0 Å². The van der Waals surface area contributed by atoms with E-state index in [4.69, 9.17) is 4.74 Å². The SMILES string of the molecule is CCOc1cccc(/C(O)=C2\C(=O)C(=O)N(c3cc(F)ccc3F)C2c2ccncc2)c1. The molecule has 0 aliphatic carbocycles. The van der Waals surface area contributed by atoms with Crippen LogP contribution in [0.1, 0.15) is 24.1 Å². The molecule has 3 aromatic rings.